The fourth-order valence-electron chi connectivity index (χ4n) is 3.76. The lowest BCUT2D eigenvalue weighted by atomic mass is 10.1. The van der Waals surface area contributed by atoms with Gasteiger partial charge in [0, 0.05) is 30.0 Å². The number of anilines is 1. The molecule has 2 bridgehead atoms. The second kappa shape index (κ2) is 4.38. The van der Waals surface area contributed by atoms with E-state index in [4.69, 9.17) is 16.6 Å². The van der Waals surface area contributed by atoms with Gasteiger partial charge in [-0.1, -0.05) is 24.3 Å². The molecule has 2 aromatic rings. The second-order valence-electron chi connectivity index (χ2n) is 5.77. The van der Waals surface area contributed by atoms with E-state index in [9.17, 15) is 0 Å². The van der Waals surface area contributed by atoms with Crippen molar-refractivity contribution in [2.24, 2.45) is 5.92 Å². The predicted molar refractivity (Wildman–Crippen MR) is 79.8 cm³/mol. The van der Waals surface area contributed by atoms with E-state index >= 15 is 0 Å². The molecule has 19 heavy (non-hydrogen) atoms. The van der Waals surface area contributed by atoms with Crippen LogP contribution in [0.2, 0.25) is 0 Å². The Morgan fingerprint density at radius 2 is 2.05 bits per heavy atom. The highest BCUT2D eigenvalue weighted by Gasteiger charge is 2.38. The second-order valence-corrected chi connectivity index (χ2v) is 6.04. The molecule has 1 aromatic carbocycles. The van der Waals surface area contributed by atoms with E-state index < -0.39 is 0 Å². The number of pyridine rings is 1. The number of rotatable bonds is 2. The van der Waals surface area contributed by atoms with Crippen molar-refractivity contribution in [1.82, 2.24) is 4.98 Å². The molecule has 2 unspecified atom stereocenters. The van der Waals surface area contributed by atoms with Crippen molar-refractivity contribution in [1.29, 1.82) is 0 Å². The average Bonchev–Trinajstić information content (AvgIpc) is 3.08. The fourth-order valence-corrected chi connectivity index (χ4v) is 3.97. The van der Waals surface area contributed by atoms with E-state index in [0.29, 0.717) is 11.9 Å². The number of fused-ring (bicyclic) bond motifs is 3. The van der Waals surface area contributed by atoms with Gasteiger partial charge in [-0.2, -0.15) is 0 Å². The van der Waals surface area contributed by atoms with Gasteiger partial charge in [-0.25, -0.2) is 4.98 Å². The molecular formula is C16H17ClN2. The van der Waals surface area contributed by atoms with E-state index in [1.165, 1.54) is 36.6 Å². The number of hydrogen-bond acceptors (Lipinski definition) is 2. The van der Waals surface area contributed by atoms with Crippen molar-refractivity contribution in [3.05, 3.63) is 36.0 Å². The molecule has 1 saturated carbocycles. The van der Waals surface area contributed by atoms with Gasteiger partial charge >= 0.3 is 0 Å². The summed E-state index contributed by atoms with van der Waals surface area (Å²) in [6, 6.07) is 9.23. The first kappa shape index (κ1) is 11.5. The van der Waals surface area contributed by atoms with Crippen LogP contribution < -0.4 is 4.90 Å². The third-order valence-electron chi connectivity index (χ3n) is 4.68. The normalized spacial score (nSPS) is 25.4. The van der Waals surface area contributed by atoms with Gasteiger partial charge < -0.3 is 4.90 Å². The first-order chi connectivity index (χ1) is 9.36. The van der Waals surface area contributed by atoms with E-state index in [1.807, 2.05) is 6.20 Å². The number of hydrogen-bond donors (Lipinski definition) is 0. The van der Waals surface area contributed by atoms with Gasteiger partial charge in [0.15, 0.2) is 0 Å². The number of piperidine rings is 1. The van der Waals surface area contributed by atoms with Gasteiger partial charge in [0.2, 0.25) is 0 Å². The van der Waals surface area contributed by atoms with E-state index in [2.05, 4.69) is 29.2 Å². The molecular weight excluding hydrogens is 256 g/mol. The first-order valence-electron chi connectivity index (χ1n) is 7.06. The summed E-state index contributed by atoms with van der Waals surface area (Å²) in [6.07, 6.45) is 6.04. The van der Waals surface area contributed by atoms with Gasteiger partial charge in [0.1, 0.15) is 5.82 Å². The number of nitrogens with zero attached hydrogens (tertiary/aromatic N) is 2. The zero-order valence-corrected chi connectivity index (χ0v) is 11.6. The number of halogens is 1. The third-order valence-corrected chi connectivity index (χ3v) is 4.97. The number of benzene rings is 1. The van der Waals surface area contributed by atoms with Gasteiger partial charge in [0.05, 0.1) is 0 Å². The summed E-state index contributed by atoms with van der Waals surface area (Å²) < 4.78 is 0. The van der Waals surface area contributed by atoms with Crippen LogP contribution in [0.5, 0.6) is 0 Å². The molecule has 0 radical (unpaired) electrons. The minimum absolute atomic E-state index is 0.528. The minimum Gasteiger partial charge on any atom is -0.353 e. The van der Waals surface area contributed by atoms with E-state index in [1.54, 1.807) is 0 Å². The molecule has 1 aliphatic heterocycles. The molecule has 3 heteroatoms. The molecule has 2 atom stereocenters. The molecule has 0 spiro atoms. The summed E-state index contributed by atoms with van der Waals surface area (Å²) in [5, 5.41) is 2.51. The van der Waals surface area contributed by atoms with Crippen LogP contribution in [0.3, 0.4) is 0 Å². The van der Waals surface area contributed by atoms with Crippen molar-refractivity contribution < 1.29 is 0 Å². The molecule has 0 N–H and O–H groups in total. The molecule has 2 aliphatic rings. The Labute approximate surface area is 118 Å². The quantitative estimate of drug-likeness (QED) is 0.769. The highest BCUT2D eigenvalue weighted by molar-refractivity contribution is 6.18. The van der Waals surface area contributed by atoms with Gasteiger partial charge in [-0.3, -0.25) is 0 Å². The zero-order valence-electron chi connectivity index (χ0n) is 10.8. The lowest BCUT2D eigenvalue weighted by Gasteiger charge is -2.29. The smallest absolute Gasteiger partial charge is 0.136 e. The maximum atomic E-state index is 6.03. The zero-order chi connectivity index (χ0) is 12.8. The van der Waals surface area contributed by atoms with Crippen LogP contribution in [-0.2, 0) is 5.88 Å². The lowest BCUT2D eigenvalue weighted by molar-refractivity contribution is 0.551. The number of alkyl halides is 1. The Morgan fingerprint density at radius 3 is 2.74 bits per heavy atom. The standard InChI is InChI=1S/C16H17ClN2/c17-8-12-9-18-16(15-4-2-1-3-14(12)15)19-10-11-5-6-13(19)7-11/h1-4,9,11,13H,5-8,10H2. The number of aromatic nitrogens is 1. The van der Waals surface area contributed by atoms with Crippen LogP contribution in [0.25, 0.3) is 10.8 Å². The molecule has 1 aromatic heterocycles. The molecule has 2 nitrogen and oxygen atoms in total. The van der Waals surface area contributed by atoms with E-state index in [-0.39, 0.29) is 0 Å². The van der Waals surface area contributed by atoms with Crippen LogP contribution in [-0.4, -0.2) is 17.6 Å². The Kier molecular flexibility index (Phi) is 2.66. The van der Waals surface area contributed by atoms with Crippen molar-refractivity contribution in [2.75, 3.05) is 11.4 Å². The Hall–Kier alpha value is -1.28. The largest absolute Gasteiger partial charge is 0.353 e. The molecule has 98 valence electrons. The summed E-state index contributed by atoms with van der Waals surface area (Å²) in [4.78, 5) is 7.24. The summed E-state index contributed by atoms with van der Waals surface area (Å²) >= 11 is 6.03. The highest BCUT2D eigenvalue weighted by atomic mass is 35.5. The molecule has 2 fully saturated rings. The van der Waals surface area contributed by atoms with Crippen molar-refractivity contribution in [2.45, 2.75) is 31.2 Å². The Balaban J connectivity index is 1.86. The maximum absolute atomic E-state index is 6.03. The SMILES string of the molecule is ClCc1cnc(N2CC3CCC2C3)c2ccccc12. The minimum atomic E-state index is 0.528. The van der Waals surface area contributed by atoms with Crippen LogP contribution in [0, 0.1) is 5.92 Å². The summed E-state index contributed by atoms with van der Waals surface area (Å²) in [7, 11) is 0. The van der Waals surface area contributed by atoms with Crippen molar-refractivity contribution in [3.63, 3.8) is 0 Å². The highest BCUT2D eigenvalue weighted by Crippen LogP contribution is 2.41. The lowest BCUT2D eigenvalue weighted by Crippen LogP contribution is -2.32. The molecule has 1 saturated heterocycles. The van der Waals surface area contributed by atoms with Crippen LogP contribution in [0.4, 0.5) is 5.82 Å². The van der Waals surface area contributed by atoms with E-state index in [0.717, 1.165) is 17.3 Å². The Morgan fingerprint density at radius 1 is 1.21 bits per heavy atom. The summed E-state index contributed by atoms with van der Waals surface area (Å²) in [5.41, 5.74) is 1.13. The fraction of sp³-hybridized carbons (Fsp3) is 0.438. The topological polar surface area (TPSA) is 16.1 Å². The monoisotopic (exact) mass is 272 g/mol. The maximum Gasteiger partial charge on any atom is 0.136 e. The van der Waals surface area contributed by atoms with Gasteiger partial charge in [-0.05, 0) is 36.1 Å². The van der Waals surface area contributed by atoms with Crippen LogP contribution in [0.15, 0.2) is 30.5 Å². The molecule has 2 heterocycles. The molecule has 4 rings (SSSR count). The Bertz CT molecular complexity index is 625. The van der Waals surface area contributed by atoms with Crippen LogP contribution in [0.1, 0.15) is 24.8 Å². The van der Waals surface area contributed by atoms with Gasteiger partial charge in [0.25, 0.3) is 0 Å². The van der Waals surface area contributed by atoms with Crippen LogP contribution >= 0.6 is 11.6 Å². The first-order valence-corrected chi connectivity index (χ1v) is 7.59. The average molecular weight is 273 g/mol. The van der Waals surface area contributed by atoms with Gasteiger partial charge in [-0.15, -0.1) is 11.6 Å². The molecule has 1 aliphatic carbocycles. The van der Waals surface area contributed by atoms with Crippen molar-refractivity contribution in [3.8, 4) is 0 Å². The summed E-state index contributed by atoms with van der Waals surface area (Å²) in [6.45, 7) is 1.18. The third kappa shape index (κ3) is 1.73. The predicted octanol–water partition coefficient (Wildman–Crippen LogP) is 3.96. The molecule has 0 amide bonds. The van der Waals surface area contributed by atoms with Crippen molar-refractivity contribution >= 4 is 28.2 Å². The summed E-state index contributed by atoms with van der Waals surface area (Å²) in [5.74, 6) is 2.58.